The predicted molar refractivity (Wildman–Crippen MR) is 81.3 cm³/mol. The highest BCUT2D eigenvalue weighted by molar-refractivity contribution is 6.02. The molecule has 0 amide bonds. The first-order chi connectivity index (χ1) is 8.27. The number of hydrogen-bond acceptors (Lipinski definition) is 1. The molecule has 0 aromatic heterocycles. The van der Waals surface area contributed by atoms with E-state index in [1.54, 1.807) is 0 Å². The zero-order valence-electron chi connectivity index (χ0n) is 10.3. The Morgan fingerprint density at radius 1 is 0.833 bits per heavy atom. The zero-order chi connectivity index (χ0) is 11.8. The minimum Gasteiger partial charge on any atom is -0.324 e. The lowest BCUT2D eigenvalue weighted by atomic mass is 9.93. The molecule has 0 aliphatic rings. The first-order valence-corrected chi connectivity index (χ1v) is 5.93. The summed E-state index contributed by atoms with van der Waals surface area (Å²) < 4.78 is 0. The summed E-state index contributed by atoms with van der Waals surface area (Å²) in [5.74, 6) is 0. The summed E-state index contributed by atoms with van der Waals surface area (Å²) in [6.07, 6.45) is 0. The number of rotatable bonds is 1. The van der Waals surface area contributed by atoms with Crippen LogP contribution in [-0.4, -0.2) is 0 Å². The van der Waals surface area contributed by atoms with Gasteiger partial charge in [-0.15, -0.1) is 12.4 Å². The second kappa shape index (κ2) is 4.97. The van der Waals surface area contributed by atoms with Crippen LogP contribution in [0.3, 0.4) is 0 Å². The van der Waals surface area contributed by atoms with Crippen LogP contribution in [0.15, 0.2) is 54.6 Å². The second-order valence-electron chi connectivity index (χ2n) is 4.52. The van der Waals surface area contributed by atoms with Gasteiger partial charge in [0.05, 0.1) is 0 Å². The van der Waals surface area contributed by atoms with Crippen LogP contribution in [0.4, 0.5) is 0 Å². The lowest BCUT2D eigenvalue weighted by Crippen LogP contribution is -2.06. The van der Waals surface area contributed by atoms with Gasteiger partial charge in [0.1, 0.15) is 0 Å². The third-order valence-electron chi connectivity index (χ3n) is 3.27. The fourth-order valence-corrected chi connectivity index (χ4v) is 2.54. The number of nitrogens with two attached hydrogens (primary N) is 1. The average molecular weight is 258 g/mol. The normalized spacial score (nSPS) is 12.3. The van der Waals surface area contributed by atoms with Crippen molar-refractivity contribution in [2.45, 2.75) is 13.0 Å². The summed E-state index contributed by atoms with van der Waals surface area (Å²) in [7, 11) is 0. The van der Waals surface area contributed by atoms with Crippen molar-refractivity contribution in [1.29, 1.82) is 0 Å². The third-order valence-corrected chi connectivity index (χ3v) is 3.27. The Balaban J connectivity index is 0.00000120. The van der Waals surface area contributed by atoms with E-state index in [0.29, 0.717) is 0 Å². The van der Waals surface area contributed by atoms with Crippen molar-refractivity contribution in [3.63, 3.8) is 0 Å². The molecule has 92 valence electrons. The van der Waals surface area contributed by atoms with Gasteiger partial charge in [-0.05, 0) is 40.1 Å². The van der Waals surface area contributed by atoms with Crippen molar-refractivity contribution >= 4 is 34.0 Å². The molecule has 0 radical (unpaired) electrons. The number of halogens is 1. The molecule has 0 spiro atoms. The van der Waals surface area contributed by atoms with Gasteiger partial charge in [0.25, 0.3) is 0 Å². The minimum absolute atomic E-state index is 0. The van der Waals surface area contributed by atoms with E-state index in [4.69, 9.17) is 5.73 Å². The van der Waals surface area contributed by atoms with Crippen molar-refractivity contribution in [3.8, 4) is 0 Å². The molecule has 3 rings (SSSR count). The summed E-state index contributed by atoms with van der Waals surface area (Å²) in [5.41, 5.74) is 7.39. The molecule has 0 bridgehead atoms. The van der Waals surface area contributed by atoms with E-state index in [-0.39, 0.29) is 18.4 Å². The van der Waals surface area contributed by atoms with Crippen LogP contribution in [0.1, 0.15) is 18.5 Å². The molecule has 3 aromatic rings. The predicted octanol–water partition coefficient (Wildman–Crippen LogP) is 4.43. The van der Waals surface area contributed by atoms with Crippen LogP contribution in [0.25, 0.3) is 21.5 Å². The van der Waals surface area contributed by atoms with E-state index in [0.717, 1.165) is 0 Å². The van der Waals surface area contributed by atoms with Gasteiger partial charge in [-0.25, -0.2) is 0 Å². The van der Waals surface area contributed by atoms with Crippen molar-refractivity contribution in [1.82, 2.24) is 0 Å². The fourth-order valence-electron chi connectivity index (χ4n) is 2.54. The highest BCUT2D eigenvalue weighted by Gasteiger charge is 2.09. The monoisotopic (exact) mass is 257 g/mol. The van der Waals surface area contributed by atoms with Crippen LogP contribution >= 0.6 is 12.4 Å². The third kappa shape index (κ3) is 1.96. The number of hydrogen-bond donors (Lipinski definition) is 1. The molecular formula is C16H16ClN. The average Bonchev–Trinajstić information content (AvgIpc) is 2.35. The first-order valence-electron chi connectivity index (χ1n) is 5.93. The molecule has 0 heterocycles. The van der Waals surface area contributed by atoms with Crippen LogP contribution in [0.5, 0.6) is 0 Å². The molecule has 1 atom stereocenters. The molecule has 0 saturated heterocycles. The van der Waals surface area contributed by atoms with Gasteiger partial charge in [-0.3, -0.25) is 0 Å². The number of fused-ring (bicyclic) bond motifs is 2. The fraction of sp³-hybridized carbons (Fsp3) is 0.125. The molecule has 0 unspecified atom stereocenters. The highest BCUT2D eigenvalue weighted by Crippen LogP contribution is 2.31. The Hall–Kier alpha value is -1.57. The van der Waals surface area contributed by atoms with Gasteiger partial charge in [-0.1, -0.05) is 48.5 Å². The quantitative estimate of drug-likeness (QED) is 0.641. The summed E-state index contributed by atoms with van der Waals surface area (Å²) in [5, 5.41) is 5.06. The molecule has 3 aromatic carbocycles. The largest absolute Gasteiger partial charge is 0.324 e. The molecular weight excluding hydrogens is 242 g/mol. The maximum atomic E-state index is 6.15. The van der Waals surface area contributed by atoms with E-state index < -0.39 is 0 Å². The van der Waals surface area contributed by atoms with Crippen molar-refractivity contribution < 1.29 is 0 Å². The van der Waals surface area contributed by atoms with E-state index in [1.165, 1.54) is 27.1 Å². The Kier molecular flexibility index (Phi) is 3.55. The van der Waals surface area contributed by atoms with Gasteiger partial charge in [0.15, 0.2) is 0 Å². The lowest BCUT2D eigenvalue weighted by molar-refractivity contribution is 0.834. The van der Waals surface area contributed by atoms with Gasteiger partial charge in [-0.2, -0.15) is 0 Å². The topological polar surface area (TPSA) is 26.0 Å². The van der Waals surface area contributed by atoms with Crippen LogP contribution < -0.4 is 5.73 Å². The zero-order valence-corrected chi connectivity index (χ0v) is 11.1. The van der Waals surface area contributed by atoms with Gasteiger partial charge in [0, 0.05) is 6.04 Å². The summed E-state index contributed by atoms with van der Waals surface area (Å²) in [4.78, 5) is 0. The highest BCUT2D eigenvalue weighted by atomic mass is 35.5. The molecule has 0 saturated carbocycles. The van der Waals surface area contributed by atoms with Gasteiger partial charge >= 0.3 is 0 Å². The van der Waals surface area contributed by atoms with E-state index >= 15 is 0 Å². The minimum atomic E-state index is 0. The van der Waals surface area contributed by atoms with E-state index in [9.17, 15) is 0 Å². The lowest BCUT2D eigenvalue weighted by Gasteiger charge is -2.14. The molecule has 18 heavy (non-hydrogen) atoms. The van der Waals surface area contributed by atoms with Crippen LogP contribution in [-0.2, 0) is 0 Å². The summed E-state index contributed by atoms with van der Waals surface area (Å²) in [6.45, 7) is 2.05. The van der Waals surface area contributed by atoms with Gasteiger partial charge in [0.2, 0.25) is 0 Å². The molecule has 0 fully saturated rings. The Morgan fingerprint density at radius 3 is 1.72 bits per heavy atom. The second-order valence-corrected chi connectivity index (χ2v) is 4.52. The van der Waals surface area contributed by atoms with Crippen molar-refractivity contribution in [3.05, 3.63) is 60.2 Å². The molecule has 0 aliphatic heterocycles. The molecule has 2 heteroatoms. The summed E-state index contributed by atoms with van der Waals surface area (Å²) >= 11 is 0. The smallest absolute Gasteiger partial charge is 0.0278 e. The molecule has 0 aliphatic carbocycles. The van der Waals surface area contributed by atoms with Crippen molar-refractivity contribution in [2.24, 2.45) is 5.73 Å². The SMILES string of the molecule is C[C@@H](N)c1c2ccccc2cc2ccccc12.Cl. The van der Waals surface area contributed by atoms with Crippen LogP contribution in [0.2, 0.25) is 0 Å². The maximum absolute atomic E-state index is 6.15. The number of benzene rings is 3. The Labute approximate surface area is 113 Å². The van der Waals surface area contributed by atoms with Crippen LogP contribution in [0, 0.1) is 0 Å². The standard InChI is InChI=1S/C16H15N.ClH/c1-11(17)16-14-8-4-2-6-12(14)10-13-7-3-5-9-15(13)16;/h2-11H,17H2,1H3;1H/t11-;/m1./s1. The van der Waals surface area contributed by atoms with E-state index in [1.807, 2.05) is 6.92 Å². The Morgan fingerprint density at radius 2 is 1.28 bits per heavy atom. The summed E-state index contributed by atoms with van der Waals surface area (Å²) in [6, 6.07) is 19.2. The first kappa shape index (κ1) is 12.9. The Bertz CT molecular complexity index is 635. The molecule has 1 nitrogen and oxygen atoms in total. The maximum Gasteiger partial charge on any atom is 0.0278 e. The van der Waals surface area contributed by atoms with E-state index in [2.05, 4.69) is 54.6 Å². The molecule has 2 N–H and O–H groups in total. The van der Waals surface area contributed by atoms with Gasteiger partial charge < -0.3 is 5.73 Å². The van der Waals surface area contributed by atoms with Crippen molar-refractivity contribution in [2.75, 3.05) is 0 Å².